The molecule has 2 unspecified atom stereocenters. The van der Waals surface area contributed by atoms with Gasteiger partial charge in [-0.15, -0.1) is 0 Å². The van der Waals surface area contributed by atoms with Gasteiger partial charge in [-0.25, -0.2) is 4.39 Å². The van der Waals surface area contributed by atoms with Gasteiger partial charge in [0.2, 0.25) is 6.36 Å². The summed E-state index contributed by atoms with van der Waals surface area (Å²) in [7, 11) is 0. The van der Waals surface area contributed by atoms with Crippen LogP contribution in [0.25, 0.3) is 0 Å². The quantitative estimate of drug-likeness (QED) is 0.787. The molecule has 0 aliphatic carbocycles. The summed E-state index contributed by atoms with van der Waals surface area (Å²) in [6.07, 6.45) is 0.920. The first-order valence-electron chi connectivity index (χ1n) is 5.86. The summed E-state index contributed by atoms with van der Waals surface area (Å²) in [5.41, 5.74) is 1.19. The molecule has 2 nitrogen and oxygen atoms in total. The van der Waals surface area contributed by atoms with Gasteiger partial charge in [0.1, 0.15) is 5.60 Å². The summed E-state index contributed by atoms with van der Waals surface area (Å²) in [6.45, 7) is 3.00. The van der Waals surface area contributed by atoms with Crippen molar-refractivity contribution in [3.63, 3.8) is 0 Å². The summed E-state index contributed by atoms with van der Waals surface area (Å²) in [5, 5.41) is 3.41. The van der Waals surface area contributed by atoms with Crippen molar-refractivity contribution in [2.24, 2.45) is 0 Å². The van der Waals surface area contributed by atoms with Gasteiger partial charge in [0.05, 0.1) is 0 Å². The van der Waals surface area contributed by atoms with E-state index in [9.17, 15) is 4.39 Å². The summed E-state index contributed by atoms with van der Waals surface area (Å²) in [5.74, 6) is 0. The lowest BCUT2D eigenvalue weighted by Gasteiger charge is -2.31. The van der Waals surface area contributed by atoms with Gasteiger partial charge in [-0.3, -0.25) is 0 Å². The molecule has 0 aromatic heterocycles. The Bertz CT molecular complexity index is 403. The van der Waals surface area contributed by atoms with E-state index in [1.54, 1.807) is 0 Å². The number of hydrogen-bond donors (Lipinski definition) is 1. The summed E-state index contributed by atoms with van der Waals surface area (Å²) < 4.78 is 19.4. The third-order valence-electron chi connectivity index (χ3n) is 3.81. The second kappa shape index (κ2) is 3.54. The van der Waals surface area contributed by atoms with Crippen LogP contribution >= 0.6 is 0 Å². The maximum absolute atomic E-state index is 13.8. The average Bonchev–Trinajstić information content (AvgIpc) is 2.89. The Morgan fingerprint density at radius 1 is 1.44 bits per heavy atom. The van der Waals surface area contributed by atoms with Gasteiger partial charge in [-0.1, -0.05) is 24.3 Å². The number of nitrogens with one attached hydrogen (secondary N) is 1. The van der Waals surface area contributed by atoms with Gasteiger partial charge >= 0.3 is 0 Å². The first-order chi connectivity index (χ1) is 7.72. The highest BCUT2D eigenvalue weighted by atomic mass is 19.1. The number of halogens is 1. The van der Waals surface area contributed by atoms with E-state index in [-0.39, 0.29) is 6.04 Å². The molecule has 2 aliphatic rings. The fourth-order valence-electron chi connectivity index (χ4n) is 2.91. The van der Waals surface area contributed by atoms with Crippen LogP contribution in [0.4, 0.5) is 4.39 Å². The van der Waals surface area contributed by atoms with Gasteiger partial charge < -0.3 is 10.1 Å². The molecule has 1 saturated heterocycles. The van der Waals surface area contributed by atoms with E-state index in [0.717, 1.165) is 24.9 Å². The lowest BCUT2D eigenvalue weighted by atomic mass is 9.86. The van der Waals surface area contributed by atoms with Crippen molar-refractivity contribution in [2.75, 3.05) is 6.54 Å². The Hall–Kier alpha value is -0.930. The molecule has 0 spiro atoms. The molecule has 0 radical (unpaired) electrons. The number of alkyl halides is 1. The molecule has 1 aromatic carbocycles. The molecular weight excluding hydrogens is 205 g/mol. The van der Waals surface area contributed by atoms with Crippen molar-refractivity contribution < 1.29 is 9.13 Å². The topological polar surface area (TPSA) is 21.3 Å². The standard InChI is InChI=1S/C13H16FNO/c1-13(11-7-4-8-15-11)10-6-3-2-5-9(10)12(14)16-13/h2-3,5-6,11-12,15H,4,7-8H2,1H3/t11?,12?,13-/m1/s1. The third kappa shape index (κ3) is 1.31. The number of benzene rings is 1. The second-order valence-electron chi connectivity index (χ2n) is 4.78. The lowest BCUT2D eigenvalue weighted by molar-refractivity contribution is -0.137. The maximum atomic E-state index is 13.8. The monoisotopic (exact) mass is 221 g/mol. The van der Waals surface area contributed by atoms with E-state index in [0.29, 0.717) is 5.56 Å². The van der Waals surface area contributed by atoms with Crippen LogP contribution in [-0.2, 0) is 10.3 Å². The maximum Gasteiger partial charge on any atom is 0.226 e. The average molecular weight is 221 g/mol. The van der Waals surface area contributed by atoms with Crippen LogP contribution in [0.1, 0.15) is 37.3 Å². The molecule has 2 aliphatic heterocycles. The minimum absolute atomic E-state index is 0.231. The summed E-state index contributed by atoms with van der Waals surface area (Å²) >= 11 is 0. The number of fused-ring (bicyclic) bond motifs is 1. The van der Waals surface area contributed by atoms with Crippen molar-refractivity contribution in [3.8, 4) is 0 Å². The van der Waals surface area contributed by atoms with E-state index >= 15 is 0 Å². The first-order valence-corrected chi connectivity index (χ1v) is 5.86. The van der Waals surface area contributed by atoms with Crippen LogP contribution in [0, 0.1) is 0 Å². The highest BCUT2D eigenvalue weighted by Gasteiger charge is 2.47. The molecule has 1 N–H and O–H groups in total. The van der Waals surface area contributed by atoms with Crippen molar-refractivity contribution in [1.82, 2.24) is 5.32 Å². The molecule has 0 amide bonds. The van der Waals surface area contributed by atoms with E-state index in [2.05, 4.69) is 5.32 Å². The molecule has 3 atom stereocenters. The van der Waals surface area contributed by atoms with Crippen LogP contribution < -0.4 is 5.32 Å². The van der Waals surface area contributed by atoms with Crippen LogP contribution in [0.3, 0.4) is 0 Å². The molecule has 3 rings (SSSR count). The minimum atomic E-state index is -1.27. The van der Waals surface area contributed by atoms with E-state index in [1.165, 1.54) is 0 Å². The molecule has 2 heterocycles. The minimum Gasteiger partial charge on any atom is -0.332 e. The molecule has 3 heteroatoms. The zero-order chi connectivity index (χ0) is 11.2. The fraction of sp³-hybridized carbons (Fsp3) is 0.538. The number of hydrogen-bond acceptors (Lipinski definition) is 2. The molecule has 1 fully saturated rings. The predicted octanol–water partition coefficient (Wildman–Crippen LogP) is 2.65. The molecular formula is C13H16FNO. The highest BCUT2D eigenvalue weighted by Crippen LogP contribution is 2.47. The SMILES string of the molecule is C[C@@]1(C2CCCN2)OC(F)c2ccccc21. The Morgan fingerprint density at radius 3 is 3.00 bits per heavy atom. The van der Waals surface area contributed by atoms with Crippen LogP contribution in [-0.4, -0.2) is 12.6 Å². The largest absolute Gasteiger partial charge is 0.332 e. The van der Waals surface area contributed by atoms with Crippen molar-refractivity contribution in [1.29, 1.82) is 0 Å². The molecule has 1 aromatic rings. The summed E-state index contributed by atoms with van der Waals surface area (Å²) in [4.78, 5) is 0. The predicted molar refractivity (Wildman–Crippen MR) is 59.8 cm³/mol. The molecule has 86 valence electrons. The number of rotatable bonds is 1. The van der Waals surface area contributed by atoms with E-state index in [1.807, 2.05) is 31.2 Å². The zero-order valence-electron chi connectivity index (χ0n) is 9.37. The smallest absolute Gasteiger partial charge is 0.226 e. The van der Waals surface area contributed by atoms with Crippen molar-refractivity contribution >= 4 is 0 Å². The van der Waals surface area contributed by atoms with E-state index in [4.69, 9.17) is 4.74 Å². The van der Waals surface area contributed by atoms with Gasteiger partial charge in [0, 0.05) is 11.6 Å². The normalized spacial score (nSPS) is 37.6. The fourth-order valence-corrected chi connectivity index (χ4v) is 2.91. The van der Waals surface area contributed by atoms with E-state index < -0.39 is 12.0 Å². The number of ether oxygens (including phenoxy) is 1. The summed E-state index contributed by atoms with van der Waals surface area (Å²) in [6, 6.07) is 7.85. The first kappa shape index (κ1) is 10.2. The van der Waals surface area contributed by atoms with Crippen LogP contribution in [0.15, 0.2) is 24.3 Å². The Balaban J connectivity index is 2.04. The Labute approximate surface area is 94.8 Å². The Morgan fingerprint density at radius 2 is 2.25 bits per heavy atom. The molecule has 0 saturated carbocycles. The lowest BCUT2D eigenvalue weighted by Crippen LogP contribution is -2.42. The van der Waals surface area contributed by atoms with Gasteiger partial charge in [-0.2, -0.15) is 0 Å². The van der Waals surface area contributed by atoms with Crippen LogP contribution in [0.5, 0.6) is 0 Å². The third-order valence-corrected chi connectivity index (χ3v) is 3.81. The van der Waals surface area contributed by atoms with Crippen molar-refractivity contribution in [3.05, 3.63) is 35.4 Å². The van der Waals surface area contributed by atoms with Gasteiger partial charge in [0.25, 0.3) is 0 Å². The second-order valence-corrected chi connectivity index (χ2v) is 4.78. The van der Waals surface area contributed by atoms with Crippen LogP contribution in [0.2, 0.25) is 0 Å². The molecule has 0 bridgehead atoms. The van der Waals surface area contributed by atoms with Crippen molar-refractivity contribution in [2.45, 2.75) is 37.8 Å². The highest BCUT2D eigenvalue weighted by molar-refractivity contribution is 5.38. The van der Waals surface area contributed by atoms with Gasteiger partial charge in [0.15, 0.2) is 0 Å². The zero-order valence-corrected chi connectivity index (χ0v) is 9.37. The molecule has 16 heavy (non-hydrogen) atoms. The van der Waals surface area contributed by atoms with Gasteiger partial charge in [-0.05, 0) is 31.9 Å². The Kier molecular flexibility index (Phi) is 2.26.